The third kappa shape index (κ3) is 2.68. The molecule has 2 rings (SSSR count). The first-order valence-corrected chi connectivity index (χ1v) is 5.83. The van der Waals surface area contributed by atoms with Crippen molar-refractivity contribution in [1.29, 1.82) is 0 Å². The zero-order valence-electron chi connectivity index (χ0n) is 10.7. The zero-order valence-corrected chi connectivity index (χ0v) is 10.7. The number of carbonyl (C=O) groups is 3. The van der Waals surface area contributed by atoms with Gasteiger partial charge in [-0.25, -0.2) is 9.78 Å². The number of piperazine rings is 1. The second kappa shape index (κ2) is 5.55. The van der Waals surface area contributed by atoms with Crippen LogP contribution in [0.4, 0.5) is 0 Å². The van der Waals surface area contributed by atoms with E-state index in [9.17, 15) is 14.4 Å². The quantitative estimate of drug-likeness (QED) is 0.743. The van der Waals surface area contributed by atoms with Crippen molar-refractivity contribution < 1.29 is 24.2 Å². The highest BCUT2D eigenvalue weighted by molar-refractivity contribution is 5.99. The summed E-state index contributed by atoms with van der Waals surface area (Å²) in [6.07, 6.45) is 1.28. The van der Waals surface area contributed by atoms with Gasteiger partial charge in [0.15, 0.2) is 0 Å². The van der Waals surface area contributed by atoms with Crippen LogP contribution in [-0.4, -0.2) is 59.0 Å². The van der Waals surface area contributed by atoms with Crippen molar-refractivity contribution in [2.24, 2.45) is 0 Å². The molecule has 0 radical (unpaired) electrons. The Morgan fingerprint density at radius 1 is 1.50 bits per heavy atom. The molecule has 2 amide bonds. The third-order valence-electron chi connectivity index (χ3n) is 2.92. The van der Waals surface area contributed by atoms with E-state index in [1.54, 1.807) is 0 Å². The number of ether oxygens (including phenoxy) is 1. The molecule has 1 aromatic heterocycles. The Kier molecular flexibility index (Phi) is 3.83. The lowest BCUT2D eigenvalue weighted by Gasteiger charge is -2.32. The van der Waals surface area contributed by atoms with Crippen LogP contribution in [-0.2, 0) is 9.59 Å². The van der Waals surface area contributed by atoms with E-state index in [-0.39, 0.29) is 18.7 Å². The van der Waals surface area contributed by atoms with Crippen molar-refractivity contribution in [3.05, 3.63) is 23.9 Å². The van der Waals surface area contributed by atoms with Gasteiger partial charge >= 0.3 is 5.97 Å². The zero-order chi connectivity index (χ0) is 14.7. The summed E-state index contributed by atoms with van der Waals surface area (Å²) in [4.78, 5) is 39.6. The Bertz CT molecular complexity index is 543. The second-order valence-electron chi connectivity index (χ2n) is 4.18. The number of carboxylic acids is 1. The number of pyridine rings is 1. The highest BCUT2D eigenvalue weighted by atomic mass is 16.5. The van der Waals surface area contributed by atoms with Gasteiger partial charge < -0.3 is 20.1 Å². The van der Waals surface area contributed by atoms with Crippen LogP contribution < -0.4 is 10.1 Å². The molecule has 1 aliphatic heterocycles. The molecule has 1 saturated heterocycles. The Morgan fingerprint density at radius 2 is 2.25 bits per heavy atom. The van der Waals surface area contributed by atoms with Crippen LogP contribution in [0.15, 0.2) is 18.3 Å². The third-order valence-corrected chi connectivity index (χ3v) is 2.92. The van der Waals surface area contributed by atoms with E-state index >= 15 is 0 Å². The van der Waals surface area contributed by atoms with Crippen LogP contribution in [0.2, 0.25) is 0 Å². The van der Waals surface area contributed by atoms with Gasteiger partial charge in [-0.3, -0.25) is 9.59 Å². The normalized spacial score (nSPS) is 18.4. The van der Waals surface area contributed by atoms with Crippen molar-refractivity contribution in [2.45, 2.75) is 6.04 Å². The van der Waals surface area contributed by atoms with Gasteiger partial charge in [0, 0.05) is 18.8 Å². The number of methoxy groups -OCH3 is 1. The van der Waals surface area contributed by atoms with E-state index in [0.717, 1.165) is 4.90 Å². The number of aromatic nitrogens is 1. The fraction of sp³-hybridized carbons (Fsp3) is 0.333. The van der Waals surface area contributed by atoms with Gasteiger partial charge in [0.05, 0.1) is 12.7 Å². The van der Waals surface area contributed by atoms with Gasteiger partial charge in [-0.1, -0.05) is 0 Å². The molecular formula is C12H13N3O5. The Balaban J connectivity index is 2.23. The summed E-state index contributed by atoms with van der Waals surface area (Å²) in [6.45, 7) is -0.398. The van der Waals surface area contributed by atoms with Crippen LogP contribution in [0.1, 0.15) is 10.4 Å². The topological polar surface area (TPSA) is 109 Å². The van der Waals surface area contributed by atoms with Crippen molar-refractivity contribution in [2.75, 3.05) is 20.2 Å². The summed E-state index contributed by atoms with van der Waals surface area (Å²) >= 11 is 0. The minimum absolute atomic E-state index is 0.108. The van der Waals surface area contributed by atoms with Crippen molar-refractivity contribution in [3.8, 4) is 5.88 Å². The average molecular weight is 279 g/mol. The molecule has 0 spiro atoms. The summed E-state index contributed by atoms with van der Waals surface area (Å²) < 4.78 is 4.88. The molecule has 1 aliphatic rings. The van der Waals surface area contributed by atoms with Crippen molar-refractivity contribution >= 4 is 17.8 Å². The van der Waals surface area contributed by atoms with Crippen molar-refractivity contribution in [3.63, 3.8) is 0 Å². The summed E-state index contributed by atoms with van der Waals surface area (Å²) in [6, 6.07) is 1.88. The van der Waals surface area contributed by atoms with Gasteiger partial charge in [0.25, 0.3) is 5.91 Å². The number of amides is 2. The fourth-order valence-corrected chi connectivity index (χ4v) is 1.87. The molecule has 0 bridgehead atoms. The number of aliphatic carboxylic acids is 1. The molecule has 0 aliphatic carbocycles. The first kappa shape index (κ1) is 13.8. The maximum absolute atomic E-state index is 12.3. The highest BCUT2D eigenvalue weighted by Crippen LogP contribution is 2.13. The summed E-state index contributed by atoms with van der Waals surface area (Å²) in [5, 5.41) is 11.5. The maximum atomic E-state index is 12.3. The van der Waals surface area contributed by atoms with E-state index in [4.69, 9.17) is 9.84 Å². The van der Waals surface area contributed by atoms with Gasteiger partial charge in [0.1, 0.15) is 12.6 Å². The molecule has 1 unspecified atom stereocenters. The Labute approximate surface area is 114 Å². The maximum Gasteiger partial charge on any atom is 0.328 e. The summed E-state index contributed by atoms with van der Waals surface area (Å²) in [5.74, 6) is -1.77. The van der Waals surface area contributed by atoms with Gasteiger partial charge in [0.2, 0.25) is 11.8 Å². The van der Waals surface area contributed by atoms with Crippen LogP contribution in [0.25, 0.3) is 0 Å². The number of hydrogen-bond donors (Lipinski definition) is 2. The molecule has 20 heavy (non-hydrogen) atoms. The standard InChI is InChI=1S/C12H13N3O5/c1-20-10-3-2-7(4-14-10)11(17)15-6-9(16)13-5-8(15)12(18)19/h2-4,8H,5-6H2,1H3,(H,13,16)(H,18,19). The Morgan fingerprint density at radius 3 is 2.80 bits per heavy atom. The van der Waals surface area contributed by atoms with E-state index in [2.05, 4.69) is 10.3 Å². The lowest BCUT2D eigenvalue weighted by Crippen LogP contribution is -2.59. The van der Waals surface area contributed by atoms with Gasteiger partial charge in [-0.15, -0.1) is 0 Å². The summed E-state index contributed by atoms with van der Waals surface area (Å²) in [5.41, 5.74) is 0.201. The summed E-state index contributed by atoms with van der Waals surface area (Å²) in [7, 11) is 1.44. The van der Waals surface area contributed by atoms with Crippen LogP contribution in [0.5, 0.6) is 5.88 Å². The van der Waals surface area contributed by atoms with E-state index < -0.39 is 23.8 Å². The number of carbonyl (C=O) groups excluding carboxylic acids is 2. The molecule has 8 nitrogen and oxygen atoms in total. The first-order chi connectivity index (χ1) is 9.52. The number of carboxylic acid groups (broad SMARTS) is 1. The monoisotopic (exact) mass is 279 g/mol. The van der Waals surface area contributed by atoms with E-state index in [0.29, 0.717) is 5.88 Å². The predicted octanol–water partition coefficient (Wildman–Crippen LogP) is -0.885. The lowest BCUT2D eigenvalue weighted by molar-refractivity contribution is -0.144. The van der Waals surface area contributed by atoms with Crippen LogP contribution in [0, 0.1) is 0 Å². The lowest BCUT2D eigenvalue weighted by atomic mass is 10.1. The highest BCUT2D eigenvalue weighted by Gasteiger charge is 2.35. The number of nitrogens with zero attached hydrogens (tertiary/aromatic N) is 2. The molecule has 1 aromatic rings. The smallest absolute Gasteiger partial charge is 0.328 e. The second-order valence-corrected chi connectivity index (χ2v) is 4.18. The molecule has 0 aromatic carbocycles. The first-order valence-electron chi connectivity index (χ1n) is 5.83. The number of rotatable bonds is 3. The molecular weight excluding hydrogens is 266 g/mol. The predicted molar refractivity (Wildman–Crippen MR) is 66.3 cm³/mol. The number of nitrogens with one attached hydrogen (secondary N) is 1. The van der Waals surface area contributed by atoms with Crippen LogP contribution >= 0.6 is 0 Å². The molecule has 0 saturated carbocycles. The molecule has 2 N–H and O–H groups in total. The van der Waals surface area contributed by atoms with E-state index in [1.165, 1.54) is 25.4 Å². The van der Waals surface area contributed by atoms with Crippen molar-refractivity contribution in [1.82, 2.24) is 15.2 Å². The Hall–Kier alpha value is -2.64. The minimum Gasteiger partial charge on any atom is -0.481 e. The minimum atomic E-state index is -1.17. The van der Waals surface area contributed by atoms with E-state index in [1.807, 2.05) is 0 Å². The molecule has 106 valence electrons. The molecule has 2 heterocycles. The molecule has 1 fully saturated rings. The molecule has 1 atom stereocenters. The molecule has 8 heteroatoms. The SMILES string of the molecule is COc1ccc(C(=O)N2CC(=O)NCC2C(=O)O)cn1. The van der Waals surface area contributed by atoms with Gasteiger partial charge in [-0.05, 0) is 6.07 Å². The van der Waals surface area contributed by atoms with Crippen LogP contribution in [0.3, 0.4) is 0 Å². The van der Waals surface area contributed by atoms with Gasteiger partial charge in [-0.2, -0.15) is 0 Å². The largest absolute Gasteiger partial charge is 0.481 e. The fourth-order valence-electron chi connectivity index (χ4n) is 1.87. The number of hydrogen-bond acceptors (Lipinski definition) is 5. The average Bonchev–Trinajstić information content (AvgIpc) is 2.46.